The molecule has 0 spiro atoms. The number of hydrogen-bond acceptors (Lipinski definition) is 1. The Bertz CT molecular complexity index is 314. The Morgan fingerprint density at radius 1 is 1.07 bits per heavy atom. The summed E-state index contributed by atoms with van der Waals surface area (Å²) in [6.45, 7) is 1.95. The molecule has 1 aromatic rings. The van der Waals surface area contributed by atoms with Crippen LogP contribution in [0.15, 0.2) is 24.3 Å². The van der Waals surface area contributed by atoms with Gasteiger partial charge in [0.25, 0.3) is 0 Å². The normalized spacial score (nSPS) is 14.3. The molecule has 0 amide bonds. The van der Waals surface area contributed by atoms with E-state index in [1.165, 1.54) is 12.1 Å². The van der Waals surface area contributed by atoms with Crippen molar-refractivity contribution in [3.05, 3.63) is 35.4 Å². The number of hydrogen-bond donors (Lipinski definition) is 0. The first kappa shape index (κ1) is 12.0. The van der Waals surface area contributed by atoms with Gasteiger partial charge in [-0.25, -0.2) is 0 Å². The van der Waals surface area contributed by atoms with E-state index in [0.29, 0.717) is 0 Å². The highest BCUT2D eigenvalue weighted by Gasteiger charge is 2.30. The molecule has 0 unspecified atom stereocenters. The molecule has 1 aromatic carbocycles. The highest BCUT2D eigenvalue weighted by atomic mass is 19.4. The fraction of sp³-hybridized carbons (Fsp3) is 0.455. The Balaban J connectivity index is 2.91. The third kappa shape index (κ3) is 2.96. The fourth-order valence-electron chi connectivity index (χ4n) is 1.25. The van der Waals surface area contributed by atoms with Gasteiger partial charge in [-0.05, 0) is 38.7 Å². The molecule has 0 aliphatic carbocycles. The quantitative estimate of drug-likeness (QED) is 0.734. The second kappa shape index (κ2) is 4.23. The zero-order chi connectivity index (χ0) is 11.6. The van der Waals surface area contributed by atoms with Gasteiger partial charge in [-0.1, -0.05) is 12.1 Å². The van der Waals surface area contributed by atoms with Crippen LogP contribution in [-0.2, 0) is 6.18 Å². The zero-order valence-corrected chi connectivity index (χ0v) is 8.97. The summed E-state index contributed by atoms with van der Waals surface area (Å²) in [5, 5.41) is 0. The summed E-state index contributed by atoms with van der Waals surface area (Å²) in [6.07, 6.45) is -4.25. The van der Waals surface area contributed by atoms with Gasteiger partial charge in [0.15, 0.2) is 0 Å². The average Bonchev–Trinajstić information content (AvgIpc) is 2.15. The summed E-state index contributed by atoms with van der Waals surface area (Å²) >= 11 is 0. The van der Waals surface area contributed by atoms with Crippen LogP contribution in [-0.4, -0.2) is 19.0 Å². The molecule has 0 saturated heterocycles. The van der Waals surface area contributed by atoms with Crippen LogP contribution >= 0.6 is 0 Å². The first-order valence-electron chi connectivity index (χ1n) is 4.66. The summed E-state index contributed by atoms with van der Waals surface area (Å²) in [6, 6.07) is 5.40. The lowest BCUT2D eigenvalue weighted by Gasteiger charge is -2.20. The van der Waals surface area contributed by atoms with Gasteiger partial charge in [-0.3, -0.25) is 0 Å². The highest BCUT2D eigenvalue weighted by molar-refractivity contribution is 5.26. The third-order valence-electron chi connectivity index (χ3n) is 2.50. The molecule has 0 heterocycles. The van der Waals surface area contributed by atoms with Gasteiger partial charge in [0.1, 0.15) is 0 Å². The molecule has 1 atom stereocenters. The molecular formula is C11H14F3N. The van der Waals surface area contributed by atoms with Gasteiger partial charge in [0.05, 0.1) is 5.56 Å². The second-order valence-electron chi connectivity index (χ2n) is 3.76. The van der Waals surface area contributed by atoms with E-state index < -0.39 is 11.7 Å². The van der Waals surface area contributed by atoms with Crippen molar-refractivity contribution in [3.8, 4) is 0 Å². The molecule has 0 aliphatic rings. The first-order valence-corrected chi connectivity index (χ1v) is 4.66. The van der Waals surface area contributed by atoms with Crippen LogP contribution < -0.4 is 0 Å². The third-order valence-corrected chi connectivity index (χ3v) is 2.50. The lowest BCUT2D eigenvalue weighted by atomic mass is 10.1. The highest BCUT2D eigenvalue weighted by Crippen LogP contribution is 2.30. The summed E-state index contributed by atoms with van der Waals surface area (Å²) in [5.74, 6) is 0. The Hall–Kier alpha value is -1.03. The maximum Gasteiger partial charge on any atom is 0.416 e. The van der Waals surface area contributed by atoms with E-state index in [1.54, 1.807) is 0 Å². The number of halogens is 3. The maximum absolute atomic E-state index is 12.3. The maximum atomic E-state index is 12.3. The summed E-state index contributed by atoms with van der Waals surface area (Å²) in [4.78, 5) is 1.95. The van der Waals surface area contributed by atoms with Crippen molar-refractivity contribution in [2.45, 2.75) is 19.1 Å². The SMILES string of the molecule is C[C@H](c1ccc(C(F)(F)F)cc1)N(C)C. The number of nitrogens with zero attached hydrogens (tertiary/aromatic N) is 1. The fourth-order valence-corrected chi connectivity index (χ4v) is 1.25. The van der Waals surface area contributed by atoms with Crippen LogP contribution in [0.2, 0.25) is 0 Å². The van der Waals surface area contributed by atoms with E-state index in [4.69, 9.17) is 0 Å². The number of rotatable bonds is 2. The molecule has 4 heteroatoms. The van der Waals surface area contributed by atoms with Gasteiger partial charge in [0, 0.05) is 6.04 Å². The van der Waals surface area contributed by atoms with Crippen molar-refractivity contribution in [3.63, 3.8) is 0 Å². The number of benzene rings is 1. The van der Waals surface area contributed by atoms with Crippen molar-refractivity contribution in [1.29, 1.82) is 0 Å². The smallest absolute Gasteiger partial charge is 0.303 e. The van der Waals surface area contributed by atoms with E-state index >= 15 is 0 Å². The molecule has 1 rings (SSSR count). The van der Waals surface area contributed by atoms with E-state index in [0.717, 1.165) is 17.7 Å². The lowest BCUT2D eigenvalue weighted by Crippen LogP contribution is -2.16. The zero-order valence-electron chi connectivity index (χ0n) is 8.97. The minimum atomic E-state index is -4.25. The van der Waals surface area contributed by atoms with E-state index in [-0.39, 0.29) is 6.04 Å². The van der Waals surface area contributed by atoms with Crippen LogP contribution in [0.3, 0.4) is 0 Å². The summed E-state index contributed by atoms with van der Waals surface area (Å²) in [7, 11) is 3.78. The van der Waals surface area contributed by atoms with E-state index in [2.05, 4.69) is 0 Å². The van der Waals surface area contributed by atoms with Crippen molar-refractivity contribution < 1.29 is 13.2 Å². The largest absolute Gasteiger partial charge is 0.416 e. The minimum absolute atomic E-state index is 0.118. The molecule has 0 saturated carbocycles. The first-order chi connectivity index (χ1) is 6.82. The monoisotopic (exact) mass is 217 g/mol. The predicted octanol–water partition coefficient (Wildman–Crippen LogP) is 3.33. The van der Waals surface area contributed by atoms with Crippen molar-refractivity contribution in [1.82, 2.24) is 4.90 Å². The van der Waals surface area contributed by atoms with E-state index in [9.17, 15) is 13.2 Å². The predicted molar refractivity (Wildman–Crippen MR) is 53.5 cm³/mol. The van der Waals surface area contributed by atoms with Crippen LogP contribution in [0.25, 0.3) is 0 Å². The second-order valence-corrected chi connectivity index (χ2v) is 3.76. The Kier molecular flexibility index (Phi) is 3.39. The molecule has 0 aliphatic heterocycles. The standard InChI is InChI=1S/C11H14F3N/c1-8(15(2)3)9-4-6-10(7-5-9)11(12,13)14/h4-8H,1-3H3/t8-/m1/s1. The molecule has 1 nitrogen and oxygen atoms in total. The van der Waals surface area contributed by atoms with Gasteiger partial charge < -0.3 is 4.90 Å². The van der Waals surface area contributed by atoms with Crippen molar-refractivity contribution in [2.75, 3.05) is 14.1 Å². The molecule has 84 valence electrons. The Labute approximate surface area is 87.5 Å². The Morgan fingerprint density at radius 3 is 1.87 bits per heavy atom. The van der Waals surface area contributed by atoms with E-state index in [1.807, 2.05) is 25.9 Å². The van der Waals surface area contributed by atoms with Gasteiger partial charge in [-0.15, -0.1) is 0 Å². The lowest BCUT2D eigenvalue weighted by molar-refractivity contribution is -0.137. The molecular weight excluding hydrogens is 203 g/mol. The molecule has 0 radical (unpaired) electrons. The number of alkyl halides is 3. The molecule has 0 bridgehead atoms. The summed E-state index contributed by atoms with van der Waals surface area (Å²) < 4.78 is 36.8. The van der Waals surface area contributed by atoms with Crippen molar-refractivity contribution in [2.24, 2.45) is 0 Å². The van der Waals surface area contributed by atoms with Crippen LogP contribution in [0.1, 0.15) is 24.1 Å². The molecule has 15 heavy (non-hydrogen) atoms. The van der Waals surface area contributed by atoms with Crippen molar-refractivity contribution >= 4 is 0 Å². The molecule has 0 N–H and O–H groups in total. The van der Waals surface area contributed by atoms with Crippen LogP contribution in [0.5, 0.6) is 0 Å². The van der Waals surface area contributed by atoms with Gasteiger partial charge in [0.2, 0.25) is 0 Å². The molecule has 0 fully saturated rings. The molecule has 0 aromatic heterocycles. The van der Waals surface area contributed by atoms with Gasteiger partial charge in [-0.2, -0.15) is 13.2 Å². The average molecular weight is 217 g/mol. The van der Waals surface area contributed by atoms with Gasteiger partial charge >= 0.3 is 6.18 Å². The topological polar surface area (TPSA) is 3.24 Å². The van der Waals surface area contributed by atoms with Crippen LogP contribution in [0.4, 0.5) is 13.2 Å². The summed E-state index contributed by atoms with van der Waals surface area (Å²) in [5.41, 5.74) is 0.283. The minimum Gasteiger partial charge on any atom is -0.303 e. The van der Waals surface area contributed by atoms with Crippen LogP contribution in [0, 0.1) is 0 Å². The Morgan fingerprint density at radius 2 is 1.53 bits per heavy atom.